The molecule has 0 aromatic heterocycles. The Balaban J connectivity index is 1.68. The van der Waals surface area contributed by atoms with E-state index in [1.54, 1.807) is 0 Å². The number of aliphatic hydroxyl groups is 1. The molecule has 0 aromatic rings. The lowest BCUT2D eigenvalue weighted by atomic mass is 9.96. The summed E-state index contributed by atoms with van der Waals surface area (Å²) in [6.07, 6.45) is 6.24. The van der Waals surface area contributed by atoms with Crippen molar-refractivity contribution in [1.82, 2.24) is 10.2 Å². The van der Waals surface area contributed by atoms with Crippen LogP contribution in [0.3, 0.4) is 0 Å². The maximum absolute atomic E-state index is 9.59. The van der Waals surface area contributed by atoms with Gasteiger partial charge in [0.15, 0.2) is 0 Å². The van der Waals surface area contributed by atoms with E-state index in [2.05, 4.69) is 24.1 Å². The Labute approximate surface area is 117 Å². The van der Waals surface area contributed by atoms with Gasteiger partial charge in [0.25, 0.3) is 0 Å². The van der Waals surface area contributed by atoms with E-state index >= 15 is 0 Å². The Morgan fingerprint density at radius 2 is 2.21 bits per heavy atom. The summed E-state index contributed by atoms with van der Waals surface area (Å²) >= 11 is 0. The third kappa shape index (κ3) is 5.38. The van der Waals surface area contributed by atoms with Crippen LogP contribution in [0.1, 0.15) is 46.0 Å². The molecule has 2 atom stereocenters. The summed E-state index contributed by atoms with van der Waals surface area (Å²) in [4.78, 5) is 2.51. The lowest BCUT2D eigenvalue weighted by Gasteiger charge is -2.30. The van der Waals surface area contributed by atoms with E-state index in [1.807, 2.05) is 0 Å². The standard InChI is InChI=1S/C15H30N2O2/c1-13-11-17(9-4-10-19-13)8-3-7-15(2,12-18)16-14-5-6-14/h13-14,16,18H,3-12H2,1-2H3. The topological polar surface area (TPSA) is 44.7 Å². The van der Waals surface area contributed by atoms with E-state index < -0.39 is 0 Å². The highest BCUT2D eigenvalue weighted by Gasteiger charge is 2.31. The predicted molar refractivity (Wildman–Crippen MR) is 77.4 cm³/mol. The Hall–Kier alpha value is -0.160. The minimum absolute atomic E-state index is 0.0882. The van der Waals surface area contributed by atoms with Crippen molar-refractivity contribution in [2.45, 2.75) is 63.6 Å². The van der Waals surface area contributed by atoms with E-state index in [0.29, 0.717) is 12.1 Å². The molecule has 4 heteroatoms. The summed E-state index contributed by atoms with van der Waals surface area (Å²) in [6.45, 7) is 8.76. The van der Waals surface area contributed by atoms with Gasteiger partial charge in [-0.1, -0.05) is 0 Å². The molecule has 0 radical (unpaired) electrons. The highest BCUT2D eigenvalue weighted by Crippen LogP contribution is 2.24. The fourth-order valence-electron chi connectivity index (χ4n) is 2.89. The maximum Gasteiger partial charge on any atom is 0.0673 e. The second kappa shape index (κ2) is 7.02. The molecule has 0 amide bonds. The van der Waals surface area contributed by atoms with Crippen LogP contribution in [0.5, 0.6) is 0 Å². The molecular formula is C15H30N2O2. The number of hydrogen-bond donors (Lipinski definition) is 2. The molecule has 2 aliphatic rings. The zero-order valence-corrected chi connectivity index (χ0v) is 12.5. The van der Waals surface area contributed by atoms with Gasteiger partial charge < -0.3 is 20.1 Å². The molecule has 1 saturated heterocycles. The zero-order chi connectivity index (χ0) is 13.7. The molecule has 1 aliphatic heterocycles. The van der Waals surface area contributed by atoms with Crippen LogP contribution >= 0.6 is 0 Å². The lowest BCUT2D eigenvalue weighted by Crippen LogP contribution is -2.47. The molecular weight excluding hydrogens is 240 g/mol. The van der Waals surface area contributed by atoms with Crippen molar-refractivity contribution in [2.24, 2.45) is 0 Å². The number of nitrogens with zero attached hydrogens (tertiary/aromatic N) is 1. The smallest absolute Gasteiger partial charge is 0.0673 e. The van der Waals surface area contributed by atoms with Crippen molar-refractivity contribution < 1.29 is 9.84 Å². The first-order valence-corrected chi connectivity index (χ1v) is 7.84. The normalized spacial score (nSPS) is 28.9. The molecule has 1 aliphatic carbocycles. The van der Waals surface area contributed by atoms with Crippen LogP contribution in [-0.4, -0.2) is 60.5 Å². The second-order valence-corrected chi connectivity index (χ2v) is 6.58. The summed E-state index contributed by atoms with van der Waals surface area (Å²) in [7, 11) is 0. The van der Waals surface area contributed by atoms with E-state index in [4.69, 9.17) is 4.74 Å². The Morgan fingerprint density at radius 1 is 1.42 bits per heavy atom. The van der Waals surface area contributed by atoms with Crippen molar-refractivity contribution in [1.29, 1.82) is 0 Å². The van der Waals surface area contributed by atoms with Gasteiger partial charge in [-0.15, -0.1) is 0 Å². The third-order valence-electron chi connectivity index (χ3n) is 4.22. The van der Waals surface area contributed by atoms with Gasteiger partial charge in [0.05, 0.1) is 12.7 Å². The van der Waals surface area contributed by atoms with Gasteiger partial charge in [-0.25, -0.2) is 0 Å². The summed E-state index contributed by atoms with van der Waals surface area (Å²) in [5.74, 6) is 0. The summed E-state index contributed by atoms with van der Waals surface area (Å²) < 4.78 is 5.67. The molecule has 0 aromatic carbocycles. The fourth-order valence-corrected chi connectivity index (χ4v) is 2.89. The molecule has 1 saturated carbocycles. The Bertz CT molecular complexity index is 271. The van der Waals surface area contributed by atoms with Crippen LogP contribution in [0.4, 0.5) is 0 Å². The maximum atomic E-state index is 9.59. The van der Waals surface area contributed by atoms with Crippen molar-refractivity contribution in [2.75, 3.05) is 32.8 Å². The molecule has 19 heavy (non-hydrogen) atoms. The van der Waals surface area contributed by atoms with Crippen LogP contribution < -0.4 is 5.32 Å². The average Bonchev–Trinajstić information content (AvgIpc) is 3.18. The van der Waals surface area contributed by atoms with Crippen molar-refractivity contribution in [3.63, 3.8) is 0 Å². The van der Waals surface area contributed by atoms with Crippen LogP contribution in [0.15, 0.2) is 0 Å². The minimum Gasteiger partial charge on any atom is -0.394 e. The molecule has 112 valence electrons. The van der Waals surface area contributed by atoms with E-state index in [0.717, 1.165) is 45.5 Å². The van der Waals surface area contributed by atoms with E-state index in [-0.39, 0.29) is 12.1 Å². The van der Waals surface area contributed by atoms with Gasteiger partial charge in [-0.05, 0) is 52.5 Å². The van der Waals surface area contributed by atoms with Gasteiger partial charge in [0, 0.05) is 31.3 Å². The Kier molecular flexibility index (Phi) is 5.63. The Morgan fingerprint density at radius 3 is 2.89 bits per heavy atom. The molecule has 4 nitrogen and oxygen atoms in total. The molecule has 1 heterocycles. The highest BCUT2D eigenvalue weighted by molar-refractivity contribution is 4.92. The third-order valence-corrected chi connectivity index (χ3v) is 4.22. The first kappa shape index (κ1) is 15.2. The monoisotopic (exact) mass is 270 g/mol. The van der Waals surface area contributed by atoms with Crippen LogP contribution in [0.25, 0.3) is 0 Å². The molecule has 2 N–H and O–H groups in total. The largest absolute Gasteiger partial charge is 0.394 e. The van der Waals surface area contributed by atoms with Crippen molar-refractivity contribution in [3.8, 4) is 0 Å². The quantitative estimate of drug-likeness (QED) is 0.733. The molecule has 2 fully saturated rings. The van der Waals surface area contributed by atoms with Crippen molar-refractivity contribution >= 4 is 0 Å². The van der Waals surface area contributed by atoms with Crippen LogP contribution in [0.2, 0.25) is 0 Å². The van der Waals surface area contributed by atoms with Crippen LogP contribution in [-0.2, 0) is 4.74 Å². The summed E-state index contributed by atoms with van der Waals surface area (Å²) in [5.41, 5.74) is -0.0882. The SMILES string of the molecule is CC1CN(CCCC(C)(CO)NC2CC2)CCCO1. The minimum atomic E-state index is -0.0882. The number of aliphatic hydroxyl groups excluding tert-OH is 1. The van der Waals surface area contributed by atoms with Gasteiger partial charge in [-0.2, -0.15) is 0 Å². The fraction of sp³-hybridized carbons (Fsp3) is 1.00. The molecule has 0 spiro atoms. The van der Waals surface area contributed by atoms with E-state index in [1.165, 1.54) is 12.8 Å². The predicted octanol–water partition coefficient (Wildman–Crippen LogP) is 1.38. The second-order valence-electron chi connectivity index (χ2n) is 6.58. The summed E-state index contributed by atoms with van der Waals surface area (Å²) in [6, 6.07) is 0.656. The van der Waals surface area contributed by atoms with Crippen LogP contribution in [0, 0.1) is 0 Å². The molecule has 2 rings (SSSR count). The number of nitrogens with one attached hydrogen (secondary N) is 1. The van der Waals surface area contributed by atoms with Gasteiger partial charge in [-0.3, -0.25) is 0 Å². The van der Waals surface area contributed by atoms with Gasteiger partial charge in [0.1, 0.15) is 0 Å². The molecule has 0 bridgehead atoms. The van der Waals surface area contributed by atoms with Gasteiger partial charge >= 0.3 is 0 Å². The van der Waals surface area contributed by atoms with Gasteiger partial charge in [0.2, 0.25) is 0 Å². The first-order valence-electron chi connectivity index (χ1n) is 7.84. The lowest BCUT2D eigenvalue weighted by molar-refractivity contribution is 0.0668. The number of rotatable bonds is 7. The molecule has 2 unspecified atom stereocenters. The van der Waals surface area contributed by atoms with Crippen molar-refractivity contribution in [3.05, 3.63) is 0 Å². The number of ether oxygens (including phenoxy) is 1. The average molecular weight is 270 g/mol. The summed E-state index contributed by atoms with van der Waals surface area (Å²) in [5, 5.41) is 13.2. The highest BCUT2D eigenvalue weighted by atomic mass is 16.5. The number of hydrogen-bond acceptors (Lipinski definition) is 4. The van der Waals surface area contributed by atoms with E-state index in [9.17, 15) is 5.11 Å². The first-order chi connectivity index (χ1) is 9.11. The zero-order valence-electron chi connectivity index (χ0n) is 12.5.